The first-order valence-corrected chi connectivity index (χ1v) is 15.8. The van der Waals surface area contributed by atoms with E-state index in [0.717, 1.165) is 64.2 Å². The van der Waals surface area contributed by atoms with E-state index in [1.54, 1.807) is 0 Å². The predicted octanol–water partition coefficient (Wildman–Crippen LogP) is 10.5. The van der Waals surface area contributed by atoms with Gasteiger partial charge >= 0.3 is 0 Å². The second-order valence-corrected chi connectivity index (χ2v) is 14.4. The lowest BCUT2D eigenvalue weighted by molar-refractivity contribution is -0.158. The lowest BCUT2D eigenvalue weighted by atomic mass is 9.95. The van der Waals surface area contributed by atoms with Crippen LogP contribution in [-0.2, 0) is 18.9 Å². The third-order valence-electron chi connectivity index (χ3n) is 8.24. The summed E-state index contributed by atoms with van der Waals surface area (Å²) in [5.41, 5.74) is 5.45. The summed E-state index contributed by atoms with van der Waals surface area (Å²) in [5, 5.41) is 0. The molecular weight excluding hydrogens is 496 g/mol. The zero-order valence-electron chi connectivity index (χ0n) is 28.2. The van der Waals surface area contributed by atoms with Crippen LogP contribution in [0.25, 0.3) is 0 Å². The minimum absolute atomic E-state index is 0.150. The summed E-state index contributed by atoms with van der Waals surface area (Å²) < 4.78 is 24.4. The Labute approximate surface area is 247 Å². The SMILES string of the molecule is C/C(=C\CC/C=C(\C)CC/C=C(\C)CC[C@H]1OC(C)(C)OC1(C)C)CC/C=C(\C)CC[C@H]1OC(C)(C)OC1(C)C. The lowest BCUT2D eigenvalue weighted by Crippen LogP contribution is -2.33. The van der Waals surface area contributed by atoms with Gasteiger partial charge in [0, 0.05) is 0 Å². The van der Waals surface area contributed by atoms with E-state index in [4.69, 9.17) is 18.9 Å². The molecule has 0 aromatic heterocycles. The highest BCUT2D eigenvalue weighted by molar-refractivity contribution is 5.07. The van der Waals surface area contributed by atoms with Crippen LogP contribution in [0.4, 0.5) is 0 Å². The summed E-state index contributed by atoms with van der Waals surface area (Å²) in [5.74, 6) is -0.956. The third kappa shape index (κ3) is 12.3. The van der Waals surface area contributed by atoms with Crippen molar-refractivity contribution in [1.82, 2.24) is 0 Å². The Balaban J connectivity index is 1.61. The molecule has 4 heteroatoms. The third-order valence-corrected chi connectivity index (χ3v) is 8.24. The molecule has 230 valence electrons. The first-order chi connectivity index (χ1) is 18.4. The maximum Gasteiger partial charge on any atom is 0.164 e. The van der Waals surface area contributed by atoms with E-state index in [1.807, 2.05) is 27.7 Å². The van der Waals surface area contributed by atoms with Crippen LogP contribution < -0.4 is 0 Å². The molecule has 2 heterocycles. The van der Waals surface area contributed by atoms with Crippen molar-refractivity contribution < 1.29 is 18.9 Å². The van der Waals surface area contributed by atoms with Gasteiger partial charge in [0.1, 0.15) is 0 Å². The molecule has 0 unspecified atom stereocenters. The number of ether oxygens (including phenoxy) is 4. The number of allylic oxidation sites excluding steroid dienone is 8. The van der Waals surface area contributed by atoms with Crippen LogP contribution in [0.15, 0.2) is 46.6 Å². The standard InChI is InChI=1S/C36H62O4/c1-27(19-15-21-29(3)23-25-31-33(5,6)39-35(9,10)37-31)17-13-14-18-28(2)20-16-22-30(4)24-26-32-34(7,8)40-36(11,12)38-32/h17-18,21-22,31-32H,13-16,19-20,23-26H2,1-12H3/b27-17+,28-18+,29-21+,30-22+/t31-,32-/m1/s1. The van der Waals surface area contributed by atoms with Crippen molar-refractivity contribution in [2.24, 2.45) is 0 Å². The van der Waals surface area contributed by atoms with Gasteiger partial charge < -0.3 is 18.9 Å². The first kappa shape index (κ1) is 35.0. The number of rotatable bonds is 15. The Morgan fingerprint density at radius 2 is 0.775 bits per heavy atom. The van der Waals surface area contributed by atoms with Crippen LogP contribution in [0.1, 0.15) is 147 Å². The molecular formula is C36H62O4. The van der Waals surface area contributed by atoms with Crippen molar-refractivity contribution in [3.63, 3.8) is 0 Å². The van der Waals surface area contributed by atoms with Crippen molar-refractivity contribution >= 4 is 0 Å². The Kier molecular flexibility index (Phi) is 13.0. The summed E-state index contributed by atoms with van der Waals surface area (Å²) in [7, 11) is 0. The largest absolute Gasteiger partial charge is 0.344 e. The van der Waals surface area contributed by atoms with Gasteiger partial charge in [-0.3, -0.25) is 0 Å². The van der Waals surface area contributed by atoms with Gasteiger partial charge in [0.15, 0.2) is 11.6 Å². The second-order valence-electron chi connectivity index (χ2n) is 14.4. The number of unbranched alkanes of at least 4 members (excludes halogenated alkanes) is 1. The van der Waals surface area contributed by atoms with Crippen molar-refractivity contribution in [2.45, 2.75) is 182 Å². The summed E-state index contributed by atoms with van der Waals surface area (Å²) in [4.78, 5) is 0. The first-order valence-electron chi connectivity index (χ1n) is 15.8. The van der Waals surface area contributed by atoms with E-state index < -0.39 is 11.6 Å². The normalized spacial score (nSPS) is 26.5. The van der Waals surface area contributed by atoms with Gasteiger partial charge in [-0.1, -0.05) is 46.6 Å². The van der Waals surface area contributed by atoms with Gasteiger partial charge in [0.05, 0.1) is 23.4 Å². The van der Waals surface area contributed by atoms with E-state index in [1.165, 1.54) is 22.3 Å². The van der Waals surface area contributed by atoms with Gasteiger partial charge in [0.2, 0.25) is 0 Å². The van der Waals surface area contributed by atoms with Crippen LogP contribution in [-0.4, -0.2) is 35.0 Å². The summed E-state index contributed by atoms with van der Waals surface area (Å²) >= 11 is 0. The molecule has 40 heavy (non-hydrogen) atoms. The molecule has 0 bridgehead atoms. The van der Waals surface area contributed by atoms with Crippen LogP contribution in [0.2, 0.25) is 0 Å². The average molecular weight is 559 g/mol. The van der Waals surface area contributed by atoms with Gasteiger partial charge in [0.25, 0.3) is 0 Å². The maximum atomic E-state index is 6.13. The number of hydrogen-bond acceptors (Lipinski definition) is 4. The minimum Gasteiger partial charge on any atom is -0.344 e. The monoisotopic (exact) mass is 558 g/mol. The van der Waals surface area contributed by atoms with E-state index >= 15 is 0 Å². The Morgan fingerprint density at radius 1 is 0.475 bits per heavy atom. The molecule has 4 nitrogen and oxygen atoms in total. The van der Waals surface area contributed by atoms with E-state index in [9.17, 15) is 0 Å². The highest BCUT2D eigenvalue weighted by atomic mass is 16.8. The van der Waals surface area contributed by atoms with E-state index in [0.29, 0.717) is 0 Å². The Hall–Kier alpha value is -1.20. The Morgan fingerprint density at radius 3 is 1.07 bits per heavy atom. The number of hydrogen-bond donors (Lipinski definition) is 0. The molecule has 2 aliphatic rings. The van der Waals surface area contributed by atoms with Gasteiger partial charge in [-0.25, -0.2) is 0 Å². The Bertz CT molecular complexity index is 852. The molecule has 0 aromatic carbocycles. The topological polar surface area (TPSA) is 36.9 Å². The van der Waals surface area contributed by atoms with Gasteiger partial charge in [-0.05, 0) is 147 Å². The average Bonchev–Trinajstić information content (AvgIpc) is 3.16. The fourth-order valence-electron chi connectivity index (χ4n) is 6.11. The van der Waals surface area contributed by atoms with Crippen molar-refractivity contribution in [3.05, 3.63) is 46.6 Å². The van der Waals surface area contributed by atoms with Crippen LogP contribution in [0.3, 0.4) is 0 Å². The highest BCUT2D eigenvalue weighted by Crippen LogP contribution is 2.39. The maximum absolute atomic E-state index is 6.13. The summed E-state index contributed by atoms with van der Waals surface area (Å²) in [6.45, 7) is 25.6. The van der Waals surface area contributed by atoms with E-state index in [2.05, 4.69) is 79.7 Å². The van der Waals surface area contributed by atoms with Crippen LogP contribution in [0.5, 0.6) is 0 Å². The highest BCUT2D eigenvalue weighted by Gasteiger charge is 2.47. The summed E-state index contributed by atoms with van der Waals surface area (Å²) in [6, 6.07) is 0. The van der Waals surface area contributed by atoms with Gasteiger partial charge in [-0.15, -0.1) is 0 Å². The van der Waals surface area contributed by atoms with Gasteiger partial charge in [-0.2, -0.15) is 0 Å². The zero-order chi connectivity index (χ0) is 30.2. The molecule has 2 saturated heterocycles. The van der Waals surface area contributed by atoms with Crippen molar-refractivity contribution in [1.29, 1.82) is 0 Å². The minimum atomic E-state index is -0.478. The molecule has 0 radical (unpaired) electrons. The quantitative estimate of drug-likeness (QED) is 0.148. The predicted molar refractivity (Wildman–Crippen MR) is 169 cm³/mol. The van der Waals surface area contributed by atoms with Crippen LogP contribution in [0, 0.1) is 0 Å². The van der Waals surface area contributed by atoms with Crippen molar-refractivity contribution in [2.75, 3.05) is 0 Å². The smallest absolute Gasteiger partial charge is 0.164 e. The zero-order valence-corrected chi connectivity index (χ0v) is 28.2. The molecule has 2 aliphatic heterocycles. The second kappa shape index (κ2) is 14.8. The summed E-state index contributed by atoms with van der Waals surface area (Å²) in [6.07, 6.45) is 20.8. The molecule has 0 saturated carbocycles. The lowest BCUT2D eigenvalue weighted by Gasteiger charge is -2.24. The molecule has 0 amide bonds. The molecule has 0 aliphatic carbocycles. The fraction of sp³-hybridized carbons (Fsp3) is 0.778. The molecule has 2 atom stereocenters. The molecule has 2 rings (SSSR count). The molecule has 0 spiro atoms. The van der Waals surface area contributed by atoms with Crippen LogP contribution >= 0.6 is 0 Å². The molecule has 0 aromatic rings. The van der Waals surface area contributed by atoms with Crippen molar-refractivity contribution in [3.8, 4) is 0 Å². The fourth-order valence-corrected chi connectivity index (χ4v) is 6.11. The van der Waals surface area contributed by atoms with E-state index in [-0.39, 0.29) is 23.4 Å². The molecule has 2 fully saturated rings. The molecule has 0 N–H and O–H groups in total.